The number of para-hydroxylation sites is 2. The van der Waals surface area contributed by atoms with Gasteiger partial charge in [-0.2, -0.15) is 0 Å². The highest BCUT2D eigenvalue weighted by Crippen LogP contribution is 2.24. The molecule has 0 spiro atoms. The first-order valence-corrected chi connectivity index (χ1v) is 9.44. The molecule has 2 amide bonds. The van der Waals surface area contributed by atoms with Crippen LogP contribution in [0.1, 0.15) is 27.0 Å². The molecule has 0 radical (unpaired) electrons. The first-order valence-electron chi connectivity index (χ1n) is 8.62. The number of ketones is 1. The monoisotopic (exact) mass is 380 g/mol. The third kappa shape index (κ3) is 4.95. The minimum Gasteiger partial charge on any atom is -0.492 e. The van der Waals surface area contributed by atoms with Gasteiger partial charge in [0.25, 0.3) is 0 Å². The van der Waals surface area contributed by atoms with Crippen LogP contribution in [0.3, 0.4) is 0 Å². The number of hydrogen-bond donors (Lipinski definition) is 2. The van der Waals surface area contributed by atoms with E-state index in [0.29, 0.717) is 35.0 Å². The number of carbonyl (C=O) groups is 2. The summed E-state index contributed by atoms with van der Waals surface area (Å²) in [5.74, 6) is 0.615. The van der Waals surface area contributed by atoms with Crippen molar-refractivity contribution in [2.24, 2.45) is 0 Å². The van der Waals surface area contributed by atoms with Crippen molar-refractivity contribution in [1.82, 2.24) is 5.32 Å². The van der Waals surface area contributed by atoms with Crippen molar-refractivity contribution in [3.63, 3.8) is 0 Å². The number of nitrogens with one attached hydrogen (secondary N) is 2. The van der Waals surface area contributed by atoms with Crippen molar-refractivity contribution in [2.75, 3.05) is 11.9 Å². The highest BCUT2D eigenvalue weighted by Gasteiger charge is 2.12. The van der Waals surface area contributed by atoms with Gasteiger partial charge in [0.15, 0.2) is 0 Å². The molecule has 0 unspecified atom stereocenters. The number of amides is 2. The lowest BCUT2D eigenvalue weighted by molar-refractivity contribution is 0.104. The van der Waals surface area contributed by atoms with Crippen LogP contribution in [-0.4, -0.2) is 18.4 Å². The van der Waals surface area contributed by atoms with Gasteiger partial charge < -0.3 is 15.4 Å². The van der Waals surface area contributed by atoms with Crippen molar-refractivity contribution in [3.8, 4) is 5.75 Å². The number of ether oxygens (including phenoxy) is 1. The van der Waals surface area contributed by atoms with Gasteiger partial charge in [-0.1, -0.05) is 42.5 Å². The molecule has 3 rings (SSSR count). The number of urea groups is 1. The molecule has 1 heterocycles. The maximum absolute atomic E-state index is 12.4. The zero-order chi connectivity index (χ0) is 19.1. The van der Waals surface area contributed by atoms with E-state index >= 15 is 0 Å². The van der Waals surface area contributed by atoms with Crippen LogP contribution in [-0.2, 0) is 6.54 Å². The van der Waals surface area contributed by atoms with E-state index in [-0.39, 0.29) is 11.8 Å². The van der Waals surface area contributed by atoms with Gasteiger partial charge in [0.1, 0.15) is 5.75 Å². The Balaban J connectivity index is 1.57. The van der Waals surface area contributed by atoms with Crippen LogP contribution in [0.25, 0.3) is 0 Å². The second-order valence-corrected chi connectivity index (χ2v) is 6.87. The summed E-state index contributed by atoms with van der Waals surface area (Å²) in [6.07, 6.45) is 0. The molecular formula is C21H20N2O3S. The van der Waals surface area contributed by atoms with Gasteiger partial charge in [0, 0.05) is 10.4 Å². The molecule has 0 bridgehead atoms. The maximum atomic E-state index is 12.4. The topological polar surface area (TPSA) is 67.4 Å². The Morgan fingerprint density at radius 3 is 2.48 bits per heavy atom. The Labute approximate surface area is 162 Å². The smallest absolute Gasteiger partial charge is 0.319 e. The molecule has 0 aliphatic heterocycles. The summed E-state index contributed by atoms with van der Waals surface area (Å²) in [7, 11) is 0. The second kappa shape index (κ2) is 9.00. The molecule has 1 aromatic heterocycles. The normalized spacial score (nSPS) is 10.3. The summed E-state index contributed by atoms with van der Waals surface area (Å²) >= 11 is 1.38. The molecule has 6 heteroatoms. The van der Waals surface area contributed by atoms with Gasteiger partial charge in [-0.05, 0) is 31.2 Å². The molecule has 0 aliphatic carbocycles. The highest BCUT2D eigenvalue weighted by molar-refractivity contribution is 7.14. The van der Waals surface area contributed by atoms with Crippen molar-refractivity contribution < 1.29 is 14.3 Å². The van der Waals surface area contributed by atoms with Crippen LogP contribution >= 0.6 is 11.3 Å². The van der Waals surface area contributed by atoms with Gasteiger partial charge in [0.2, 0.25) is 5.78 Å². The molecule has 0 saturated carbocycles. The van der Waals surface area contributed by atoms with Crippen molar-refractivity contribution in [2.45, 2.75) is 13.5 Å². The predicted octanol–water partition coefficient (Wildman–Crippen LogP) is 4.70. The Hall–Kier alpha value is -3.12. The van der Waals surface area contributed by atoms with E-state index in [0.717, 1.165) is 4.88 Å². The summed E-state index contributed by atoms with van der Waals surface area (Å²) in [6, 6.07) is 19.7. The highest BCUT2D eigenvalue weighted by atomic mass is 32.1. The summed E-state index contributed by atoms with van der Waals surface area (Å²) in [5, 5.41) is 5.59. The van der Waals surface area contributed by atoms with Gasteiger partial charge in [0.05, 0.1) is 23.7 Å². The summed E-state index contributed by atoms with van der Waals surface area (Å²) in [4.78, 5) is 26.2. The predicted molar refractivity (Wildman–Crippen MR) is 108 cm³/mol. The Bertz CT molecular complexity index is 922. The largest absolute Gasteiger partial charge is 0.492 e. The van der Waals surface area contributed by atoms with Crippen LogP contribution in [0.5, 0.6) is 5.75 Å². The quantitative estimate of drug-likeness (QED) is 0.584. The van der Waals surface area contributed by atoms with Gasteiger partial charge in [-0.25, -0.2) is 4.79 Å². The summed E-state index contributed by atoms with van der Waals surface area (Å²) < 4.78 is 5.49. The SMILES string of the molecule is CCOc1ccccc1NC(=O)NCc1ccc(C(=O)c2ccccc2)s1. The van der Waals surface area contributed by atoms with Crippen LogP contribution < -0.4 is 15.4 Å². The fraction of sp³-hybridized carbons (Fsp3) is 0.143. The molecule has 0 atom stereocenters. The Kier molecular flexibility index (Phi) is 6.22. The molecule has 5 nitrogen and oxygen atoms in total. The average Bonchev–Trinajstić information content (AvgIpc) is 3.17. The number of rotatable bonds is 7. The molecule has 0 fully saturated rings. The van der Waals surface area contributed by atoms with Crippen LogP contribution in [0.2, 0.25) is 0 Å². The lowest BCUT2D eigenvalue weighted by atomic mass is 10.1. The number of hydrogen-bond acceptors (Lipinski definition) is 4. The van der Waals surface area contributed by atoms with Crippen LogP contribution in [0.15, 0.2) is 66.7 Å². The van der Waals surface area contributed by atoms with E-state index < -0.39 is 0 Å². The maximum Gasteiger partial charge on any atom is 0.319 e. The number of thiophene rings is 1. The lowest BCUT2D eigenvalue weighted by Crippen LogP contribution is -2.28. The molecule has 3 aromatic rings. The van der Waals surface area contributed by atoms with E-state index in [1.165, 1.54) is 11.3 Å². The zero-order valence-corrected chi connectivity index (χ0v) is 15.7. The van der Waals surface area contributed by atoms with Gasteiger partial charge >= 0.3 is 6.03 Å². The van der Waals surface area contributed by atoms with E-state index in [9.17, 15) is 9.59 Å². The van der Waals surface area contributed by atoms with Crippen LogP contribution in [0.4, 0.5) is 10.5 Å². The minimum absolute atomic E-state index is 0.0121. The van der Waals surface area contributed by atoms with E-state index in [2.05, 4.69) is 10.6 Å². The molecule has 0 saturated heterocycles. The van der Waals surface area contributed by atoms with E-state index in [4.69, 9.17) is 4.74 Å². The van der Waals surface area contributed by atoms with E-state index in [1.54, 1.807) is 30.3 Å². The van der Waals surface area contributed by atoms with Crippen LogP contribution in [0, 0.1) is 0 Å². The molecule has 27 heavy (non-hydrogen) atoms. The average molecular weight is 380 g/mol. The van der Waals surface area contributed by atoms with E-state index in [1.807, 2.05) is 43.3 Å². The van der Waals surface area contributed by atoms with Crippen molar-refractivity contribution in [3.05, 3.63) is 82.0 Å². The third-order valence-electron chi connectivity index (χ3n) is 3.78. The van der Waals surface area contributed by atoms with Gasteiger partial charge in [-0.3, -0.25) is 4.79 Å². The lowest BCUT2D eigenvalue weighted by Gasteiger charge is -2.11. The summed E-state index contributed by atoms with van der Waals surface area (Å²) in [6.45, 7) is 2.76. The van der Waals surface area contributed by atoms with Crippen molar-refractivity contribution in [1.29, 1.82) is 0 Å². The first-order chi connectivity index (χ1) is 13.2. The molecule has 2 N–H and O–H groups in total. The number of anilines is 1. The third-order valence-corrected chi connectivity index (χ3v) is 4.86. The molecule has 2 aromatic carbocycles. The Morgan fingerprint density at radius 1 is 0.963 bits per heavy atom. The molecule has 138 valence electrons. The fourth-order valence-corrected chi connectivity index (χ4v) is 3.42. The molecular weight excluding hydrogens is 360 g/mol. The van der Waals surface area contributed by atoms with Crippen molar-refractivity contribution >= 4 is 28.8 Å². The standard InChI is InChI=1S/C21H20N2O3S/c1-2-26-18-11-7-6-10-17(18)23-21(25)22-14-16-12-13-19(27-16)20(24)15-8-4-3-5-9-15/h3-13H,2,14H2,1H3,(H2,22,23,25). The first kappa shape index (κ1) is 18.7. The Morgan fingerprint density at radius 2 is 1.70 bits per heavy atom. The zero-order valence-electron chi connectivity index (χ0n) is 14.9. The summed E-state index contributed by atoms with van der Waals surface area (Å²) in [5.41, 5.74) is 1.27. The fourth-order valence-electron chi connectivity index (χ4n) is 2.51. The van der Waals surface area contributed by atoms with Gasteiger partial charge in [-0.15, -0.1) is 11.3 Å². The number of carbonyl (C=O) groups excluding carboxylic acids is 2. The second-order valence-electron chi connectivity index (χ2n) is 5.70. The number of benzene rings is 2. The minimum atomic E-state index is -0.327. The molecule has 0 aliphatic rings.